The number of aryl methyl sites for hydroxylation is 1. The van der Waals surface area contributed by atoms with Gasteiger partial charge in [0.15, 0.2) is 5.82 Å². The summed E-state index contributed by atoms with van der Waals surface area (Å²) in [6, 6.07) is 4.34. The zero-order chi connectivity index (χ0) is 23.1. The van der Waals surface area contributed by atoms with Gasteiger partial charge in [-0.25, -0.2) is 26.3 Å². The summed E-state index contributed by atoms with van der Waals surface area (Å²) in [5.74, 6) is -1.02. The van der Waals surface area contributed by atoms with Crippen LogP contribution < -0.4 is 9.62 Å². The first-order valence-corrected chi connectivity index (χ1v) is 11.2. The molecule has 1 heterocycles. The first-order valence-electron chi connectivity index (χ1n) is 9.72. The fraction of sp³-hybridized carbons (Fsp3) is 0.381. The number of fused-ring (bicyclic) bond motifs is 1. The molecule has 0 saturated carbocycles. The SMILES string of the molecule is CC1C=C(F)C(C(F)F)=CC(N(C)c2nn(C)c3ccc(S(=O)(=O)NC(C)C)cc23)=C1. The Balaban J connectivity index is 2.13. The highest BCUT2D eigenvalue weighted by atomic mass is 32.2. The van der Waals surface area contributed by atoms with Crippen molar-refractivity contribution < 1.29 is 21.6 Å². The third-order valence-corrected chi connectivity index (χ3v) is 6.52. The van der Waals surface area contributed by atoms with Gasteiger partial charge in [0.2, 0.25) is 10.0 Å². The van der Waals surface area contributed by atoms with Crippen LogP contribution >= 0.6 is 0 Å². The van der Waals surface area contributed by atoms with Gasteiger partial charge in [0.05, 0.1) is 16.0 Å². The van der Waals surface area contributed by atoms with E-state index in [9.17, 15) is 21.6 Å². The average Bonchev–Trinajstić information content (AvgIpc) is 2.89. The zero-order valence-corrected chi connectivity index (χ0v) is 18.7. The number of rotatable bonds is 6. The number of nitrogens with one attached hydrogen (secondary N) is 1. The molecule has 2 aromatic rings. The number of benzene rings is 1. The van der Waals surface area contributed by atoms with E-state index in [0.29, 0.717) is 22.4 Å². The molecule has 1 aliphatic carbocycles. The number of anilines is 1. The van der Waals surface area contributed by atoms with Crippen molar-refractivity contribution >= 4 is 26.7 Å². The highest BCUT2D eigenvalue weighted by Gasteiger charge is 2.24. The fourth-order valence-electron chi connectivity index (χ4n) is 3.44. The number of sulfonamides is 1. The van der Waals surface area contributed by atoms with Crippen LogP contribution in [0, 0.1) is 5.92 Å². The Labute approximate surface area is 179 Å². The van der Waals surface area contributed by atoms with Crippen LogP contribution in [0.1, 0.15) is 20.8 Å². The average molecular weight is 455 g/mol. The maximum absolute atomic E-state index is 14.2. The van der Waals surface area contributed by atoms with Crippen molar-refractivity contribution in [1.82, 2.24) is 14.5 Å². The summed E-state index contributed by atoms with van der Waals surface area (Å²) >= 11 is 0. The van der Waals surface area contributed by atoms with E-state index < -0.39 is 33.8 Å². The summed E-state index contributed by atoms with van der Waals surface area (Å²) in [4.78, 5) is 1.62. The van der Waals surface area contributed by atoms with Crippen LogP contribution in [0.3, 0.4) is 0 Å². The van der Waals surface area contributed by atoms with E-state index in [1.807, 2.05) is 0 Å². The summed E-state index contributed by atoms with van der Waals surface area (Å²) in [5, 5.41) is 4.98. The highest BCUT2D eigenvalue weighted by molar-refractivity contribution is 7.89. The van der Waals surface area contributed by atoms with E-state index in [1.165, 1.54) is 12.1 Å². The smallest absolute Gasteiger partial charge is 0.266 e. The van der Waals surface area contributed by atoms with Crippen LogP contribution in [-0.2, 0) is 17.1 Å². The van der Waals surface area contributed by atoms with Crippen LogP contribution in [0.5, 0.6) is 0 Å². The molecule has 0 radical (unpaired) electrons. The standard InChI is InChI=1S/C21H25F3N4O2S/c1-12(2)26-31(29,30)15-6-7-19-17(11-15)21(25-28(19)5)27(4)14-8-13(3)9-18(22)16(10-14)20(23)24/h6-13,20,26H,1-5H3. The molecule has 1 aromatic carbocycles. The van der Waals surface area contributed by atoms with Crippen LogP contribution in [-0.4, -0.2) is 37.7 Å². The molecular weight excluding hydrogens is 429 g/mol. The zero-order valence-electron chi connectivity index (χ0n) is 17.9. The minimum Gasteiger partial charge on any atom is -0.328 e. The number of hydrogen-bond acceptors (Lipinski definition) is 4. The molecule has 0 fully saturated rings. The lowest BCUT2D eigenvalue weighted by Crippen LogP contribution is -2.30. The summed E-state index contributed by atoms with van der Waals surface area (Å²) in [6.45, 7) is 5.13. The Morgan fingerprint density at radius 3 is 2.52 bits per heavy atom. The lowest BCUT2D eigenvalue weighted by Gasteiger charge is -2.19. The van der Waals surface area contributed by atoms with Crippen molar-refractivity contribution in [3.63, 3.8) is 0 Å². The Morgan fingerprint density at radius 1 is 1.23 bits per heavy atom. The number of nitrogens with zero attached hydrogens (tertiary/aromatic N) is 3. The van der Waals surface area contributed by atoms with Gasteiger partial charge >= 0.3 is 0 Å². The molecular formula is C21H25F3N4O2S. The molecule has 10 heteroatoms. The van der Waals surface area contributed by atoms with Crippen LogP contribution in [0.4, 0.5) is 19.0 Å². The van der Waals surface area contributed by atoms with Crippen molar-refractivity contribution in [1.29, 1.82) is 0 Å². The van der Waals surface area contributed by atoms with Gasteiger partial charge in [-0.05, 0) is 50.1 Å². The molecule has 0 aliphatic heterocycles. The van der Waals surface area contributed by atoms with E-state index in [2.05, 4.69) is 9.82 Å². The molecule has 1 aliphatic rings. The Bertz CT molecular complexity index is 1200. The summed E-state index contributed by atoms with van der Waals surface area (Å²) in [6.07, 6.45) is 0.910. The first kappa shape index (κ1) is 23.1. The number of hydrogen-bond donors (Lipinski definition) is 1. The molecule has 31 heavy (non-hydrogen) atoms. The number of aromatic nitrogens is 2. The molecule has 6 nitrogen and oxygen atoms in total. The van der Waals surface area contributed by atoms with Crippen LogP contribution in [0.15, 0.2) is 58.4 Å². The normalized spacial score (nSPS) is 17.6. The van der Waals surface area contributed by atoms with Crippen molar-refractivity contribution in [2.75, 3.05) is 11.9 Å². The minimum absolute atomic E-state index is 0.0658. The van der Waals surface area contributed by atoms with Crippen LogP contribution in [0.25, 0.3) is 10.9 Å². The maximum atomic E-state index is 14.2. The van der Waals surface area contributed by atoms with E-state index in [4.69, 9.17) is 0 Å². The summed E-state index contributed by atoms with van der Waals surface area (Å²) < 4.78 is 70.2. The van der Waals surface area contributed by atoms with Crippen molar-refractivity contribution in [2.24, 2.45) is 13.0 Å². The fourth-order valence-corrected chi connectivity index (χ4v) is 4.72. The van der Waals surface area contributed by atoms with Gasteiger partial charge in [-0.3, -0.25) is 4.68 Å². The van der Waals surface area contributed by atoms with E-state index in [1.54, 1.807) is 56.6 Å². The van der Waals surface area contributed by atoms with Gasteiger partial charge in [-0.1, -0.05) is 13.0 Å². The van der Waals surface area contributed by atoms with Gasteiger partial charge in [0, 0.05) is 31.2 Å². The molecule has 0 bridgehead atoms. The Kier molecular flexibility index (Phi) is 6.33. The van der Waals surface area contributed by atoms with Gasteiger partial charge in [-0.2, -0.15) is 5.10 Å². The molecule has 1 N–H and O–H groups in total. The third-order valence-electron chi connectivity index (χ3n) is 4.87. The molecule has 0 spiro atoms. The monoisotopic (exact) mass is 454 g/mol. The second-order valence-corrected chi connectivity index (χ2v) is 9.54. The van der Waals surface area contributed by atoms with Gasteiger partial charge in [0.25, 0.3) is 6.43 Å². The molecule has 0 saturated heterocycles. The lowest BCUT2D eigenvalue weighted by atomic mass is 10.1. The molecule has 1 atom stereocenters. The first-order chi connectivity index (χ1) is 14.4. The van der Waals surface area contributed by atoms with E-state index >= 15 is 0 Å². The Morgan fingerprint density at radius 2 is 1.90 bits per heavy atom. The predicted molar refractivity (Wildman–Crippen MR) is 115 cm³/mol. The molecule has 0 amide bonds. The van der Waals surface area contributed by atoms with Crippen molar-refractivity contribution in [3.8, 4) is 0 Å². The maximum Gasteiger partial charge on any atom is 0.266 e. The second-order valence-electron chi connectivity index (χ2n) is 7.83. The van der Waals surface area contributed by atoms with Gasteiger partial charge in [0.1, 0.15) is 5.83 Å². The number of allylic oxidation sites excluding steroid dienone is 5. The molecule has 1 unspecified atom stereocenters. The predicted octanol–water partition coefficient (Wildman–Crippen LogP) is 4.27. The molecule has 168 valence electrons. The largest absolute Gasteiger partial charge is 0.328 e. The summed E-state index contributed by atoms with van der Waals surface area (Å²) in [7, 11) is -0.418. The van der Waals surface area contributed by atoms with Crippen molar-refractivity contribution in [3.05, 3.63) is 53.5 Å². The number of likely N-dealkylation sites (N-methyl/N-ethyl adjacent to an activating group) is 1. The summed E-state index contributed by atoms with van der Waals surface area (Å²) in [5.41, 5.74) is 0.294. The van der Waals surface area contributed by atoms with Crippen molar-refractivity contribution in [2.45, 2.75) is 38.1 Å². The minimum atomic E-state index is -3.74. The quantitative estimate of drug-likeness (QED) is 0.708. The number of halogens is 3. The van der Waals surface area contributed by atoms with E-state index in [0.717, 1.165) is 12.2 Å². The molecule has 3 rings (SSSR count). The second kappa shape index (κ2) is 8.51. The van der Waals surface area contributed by atoms with Gasteiger partial charge in [-0.15, -0.1) is 0 Å². The number of alkyl halides is 2. The Hall–Kier alpha value is -2.59. The lowest BCUT2D eigenvalue weighted by molar-refractivity contribution is 0.188. The topological polar surface area (TPSA) is 67.2 Å². The van der Waals surface area contributed by atoms with Gasteiger partial charge < -0.3 is 4.90 Å². The third kappa shape index (κ3) is 4.69. The van der Waals surface area contributed by atoms with Crippen LogP contribution in [0.2, 0.25) is 0 Å². The van der Waals surface area contributed by atoms with E-state index in [-0.39, 0.29) is 10.9 Å². The molecule has 1 aromatic heterocycles. The highest BCUT2D eigenvalue weighted by Crippen LogP contribution is 2.33.